The van der Waals surface area contributed by atoms with E-state index in [0.29, 0.717) is 23.1 Å². The number of pyridine rings is 1. The Morgan fingerprint density at radius 1 is 1.08 bits per heavy atom. The summed E-state index contributed by atoms with van der Waals surface area (Å²) in [5, 5.41) is 14.5. The van der Waals surface area contributed by atoms with Crippen molar-refractivity contribution in [3.05, 3.63) is 71.8 Å². The molecule has 1 atom stereocenters. The summed E-state index contributed by atoms with van der Waals surface area (Å²) < 4.78 is 1.56. The largest absolute Gasteiger partial charge is 0.370 e. The zero-order valence-corrected chi connectivity index (χ0v) is 22.5. The Labute approximate surface area is 228 Å². The Bertz CT molecular complexity index is 1270. The van der Waals surface area contributed by atoms with Crippen LogP contribution in [-0.4, -0.2) is 37.7 Å². The summed E-state index contributed by atoms with van der Waals surface area (Å²) in [6.07, 6.45) is 9.72. The molecule has 2 heterocycles. The van der Waals surface area contributed by atoms with E-state index in [1.807, 2.05) is 18.3 Å². The summed E-state index contributed by atoms with van der Waals surface area (Å²) in [7, 11) is 0. The molecular formula is C29H37N7O3. The molecule has 0 radical (unpaired) electrons. The molecule has 1 fully saturated rings. The van der Waals surface area contributed by atoms with Crippen LogP contribution in [0.1, 0.15) is 85.9 Å². The van der Waals surface area contributed by atoms with E-state index in [9.17, 15) is 14.4 Å². The maximum absolute atomic E-state index is 13.3. The van der Waals surface area contributed by atoms with Crippen molar-refractivity contribution in [1.82, 2.24) is 25.3 Å². The summed E-state index contributed by atoms with van der Waals surface area (Å²) in [6.45, 7) is 4.79. The van der Waals surface area contributed by atoms with E-state index in [1.54, 1.807) is 41.3 Å². The predicted molar refractivity (Wildman–Crippen MR) is 148 cm³/mol. The van der Waals surface area contributed by atoms with E-state index in [4.69, 9.17) is 5.73 Å². The van der Waals surface area contributed by atoms with Gasteiger partial charge in [-0.2, -0.15) is 0 Å². The van der Waals surface area contributed by atoms with Crippen LogP contribution in [0, 0.1) is 11.8 Å². The highest BCUT2D eigenvalue weighted by Gasteiger charge is 2.28. The molecule has 1 saturated carbocycles. The number of nitrogens with one attached hydrogen (secondary N) is 2. The van der Waals surface area contributed by atoms with Gasteiger partial charge in [-0.05, 0) is 73.8 Å². The summed E-state index contributed by atoms with van der Waals surface area (Å²) in [6, 6.07) is 9.83. The Balaban J connectivity index is 1.39. The van der Waals surface area contributed by atoms with Crippen molar-refractivity contribution in [3.8, 4) is 0 Å². The average Bonchev–Trinajstić information content (AvgIpc) is 3.42. The number of hydrogen-bond acceptors (Lipinski definition) is 6. The molecule has 1 unspecified atom stereocenters. The van der Waals surface area contributed by atoms with Crippen molar-refractivity contribution in [2.24, 2.45) is 17.6 Å². The minimum Gasteiger partial charge on any atom is -0.370 e. The van der Waals surface area contributed by atoms with Gasteiger partial charge in [-0.15, -0.1) is 5.10 Å². The van der Waals surface area contributed by atoms with Crippen molar-refractivity contribution >= 4 is 23.4 Å². The van der Waals surface area contributed by atoms with E-state index in [1.165, 1.54) is 12.8 Å². The number of carbonyl (C=O) groups excluding carboxylic acids is 3. The predicted octanol–water partition coefficient (Wildman–Crippen LogP) is 3.98. The molecule has 4 N–H and O–H groups in total. The van der Waals surface area contributed by atoms with Crippen LogP contribution in [0.25, 0.3) is 0 Å². The Kier molecular flexibility index (Phi) is 9.40. The van der Waals surface area contributed by atoms with Gasteiger partial charge in [0.1, 0.15) is 6.04 Å². The lowest BCUT2D eigenvalue weighted by atomic mass is 9.76. The minimum absolute atomic E-state index is 0.0588. The SMILES string of the molecule is CC(C)C1CCC(c2cn(C(CCC(N)=O)C(=O)NCc3cccc(NC(=O)c4ccncc4)c3)nn2)CC1. The number of carbonyl (C=O) groups is 3. The van der Waals surface area contributed by atoms with Crippen LogP contribution in [0.15, 0.2) is 55.0 Å². The van der Waals surface area contributed by atoms with Crippen LogP contribution in [0.2, 0.25) is 0 Å². The Hall–Kier alpha value is -4.08. The van der Waals surface area contributed by atoms with Gasteiger partial charge in [0.05, 0.1) is 5.69 Å². The van der Waals surface area contributed by atoms with Crippen LogP contribution in [-0.2, 0) is 16.1 Å². The van der Waals surface area contributed by atoms with E-state index >= 15 is 0 Å². The number of amides is 3. The van der Waals surface area contributed by atoms with Gasteiger partial charge in [0, 0.05) is 48.7 Å². The summed E-state index contributed by atoms with van der Waals surface area (Å²) in [5.41, 5.74) is 8.21. The van der Waals surface area contributed by atoms with E-state index in [2.05, 4.69) is 39.8 Å². The number of benzene rings is 1. The van der Waals surface area contributed by atoms with Gasteiger partial charge in [-0.1, -0.05) is 31.2 Å². The Morgan fingerprint density at radius 2 is 1.82 bits per heavy atom. The van der Waals surface area contributed by atoms with Gasteiger partial charge in [0.25, 0.3) is 5.91 Å². The molecule has 206 valence electrons. The van der Waals surface area contributed by atoms with Crippen molar-refractivity contribution in [3.63, 3.8) is 0 Å². The van der Waals surface area contributed by atoms with Crippen LogP contribution in [0.3, 0.4) is 0 Å². The second-order valence-corrected chi connectivity index (χ2v) is 10.6. The van der Waals surface area contributed by atoms with Crippen LogP contribution >= 0.6 is 0 Å². The number of aromatic nitrogens is 4. The van der Waals surface area contributed by atoms with Gasteiger partial charge in [-0.25, -0.2) is 4.68 Å². The number of hydrogen-bond donors (Lipinski definition) is 3. The second-order valence-electron chi connectivity index (χ2n) is 10.6. The van der Waals surface area contributed by atoms with E-state index in [-0.39, 0.29) is 31.2 Å². The third kappa shape index (κ3) is 7.72. The second kappa shape index (κ2) is 13.1. The number of primary amides is 1. The maximum atomic E-state index is 13.3. The van der Waals surface area contributed by atoms with Crippen molar-refractivity contribution in [2.45, 2.75) is 70.9 Å². The fourth-order valence-electron chi connectivity index (χ4n) is 5.15. The molecule has 10 nitrogen and oxygen atoms in total. The first-order chi connectivity index (χ1) is 18.8. The highest BCUT2D eigenvalue weighted by molar-refractivity contribution is 6.04. The number of nitrogens with two attached hydrogens (primary N) is 1. The molecule has 3 amide bonds. The van der Waals surface area contributed by atoms with Crippen molar-refractivity contribution in [1.29, 1.82) is 0 Å². The van der Waals surface area contributed by atoms with Gasteiger partial charge in [0.15, 0.2) is 0 Å². The van der Waals surface area contributed by atoms with Crippen LogP contribution in [0.4, 0.5) is 5.69 Å². The fourth-order valence-corrected chi connectivity index (χ4v) is 5.15. The molecule has 0 bridgehead atoms. The lowest BCUT2D eigenvalue weighted by Gasteiger charge is -2.29. The first-order valence-corrected chi connectivity index (χ1v) is 13.6. The molecular weight excluding hydrogens is 494 g/mol. The smallest absolute Gasteiger partial charge is 0.255 e. The van der Waals surface area contributed by atoms with E-state index < -0.39 is 11.9 Å². The standard InChI is InChI=1S/C29H37N7O3/c1-19(2)21-6-8-22(9-7-21)25-18-36(35-34-25)26(10-11-27(30)37)29(39)32-17-20-4-3-5-24(16-20)33-28(38)23-12-14-31-15-13-23/h3-5,12-16,18-19,21-22,26H,6-11,17H2,1-2H3,(H2,30,37)(H,32,39)(H,33,38). The zero-order valence-electron chi connectivity index (χ0n) is 22.5. The highest BCUT2D eigenvalue weighted by Crippen LogP contribution is 2.38. The van der Waals surface area contributed by atoms with Gasteiger partial charge in [-0.3, -0.25) is 19.4 Å². The van der Waals surface area contributed by atoms with Gasteiger partial charge >= 0.3 is 0 Å². The molecule has 0 saturated heterocycles. The zero-order chi connectivity index (χ0) is 27.8. The number of anilines is 1. The molecule has 1 aromatic carbocycles. The normalized spacial score (nSPS) is 17.9. The number of rotatable bonds is 11. The fraction of sp³-hybridized carbons (Fsp3) is 0.448. The molecule has 10 heteroatoms. The topological polar surface area (TPSA) is 145 Å². The maximum Gasteiger partial charge on any atom is 0.255 e. The molecule has 1 aliphatic carbocycles. The lowest BCUT2D eigenvalue weighted by molar-refractivity contribution is -0.125. The highest BCUT2D eigenvalue weighted by atomic mass is 16.2. The monoisotopic (exact) mass is 531 g/mol. The summed E-state index contributed by atoms with van der Waals surface area (Å²) in [4.78, 5) is 41.2. The van der Waals surface area contributed by atoms with Crippen LogP contribution < -0.4 is 16.4 Å². The first-order valence-electron chi connectivity index (χ1n) is 13.6. The number of nitrogens with zero attached hydrogens (tertiary/aromatic N) is 4. The quantitative estimate of drug-likeness (QED) is 0.341. The molecule has 3 aromatic rings. The van der Waals surface area contributed by atoms with Crippen molar-refractivity contribution in [2.75, 3.05) is 5.32 Å². The van der Waals surface area contributed by atoms with E-state index in [0.717, 1.165) is 30.0 Å². The van der Waals surface area contributed by atoms with Crippen molar-refractivity contribution < 1.29 is 14.4 Å². The Morgan fingerprint density at radius 3 is 2.51 bits per heavy atom. The molecule has 2 aromatic heterocycles. The minimum atomic E-state index is -0.708. The lowest BCUT2D eigenvalue weighted by Crippen LogP contribution is -2.33. The molecule has 4 rings (SSSR count). The third-order valence-electron chi connectivity index (χ3n) is 7.54. The molecule has 0 spiro atoms. The van der Waals surface area contributed by atoms with Gasteiger partial charge < -0.3 is 16.4 Å². The molecule has 39 heavy (non-hydrogen) atoms. The van der Waals surface area contributed by atoms with Crippen LogP contribution in [0.5, 0.6) is 0 Å². The van der Waals surface area contributed by atoms with Gasteiger partial charge in [0.2, 0.25) is 11.8 Å². The molecule has 1 aliphatic rings. The summed E-state index contributed by atoms with van der Waals surface area (Å²) >= 11 is 0. The third-order valence-corrected chi connectivity index (χ3v) is 7.54. The molecule has 0 aliphatic heterocycles. The first kappa shape index (κ1) is 27.9. The summed E-state index contributed by atoms with van der Waals surface area (Å²) in [5.74, 6) is 0.762. The average molecular weight is 532 g/mol.